The smallest absolute Gasteiger partial charge is 0.410 e. The third kappa shape index (κ3) is 3.77. The van der Waals surface area contributed by atoms with Crippen molar-refractivity contribution in [1.82, 2.24) is 4.90 Å². The van der Waals surface area contributed by atoms with Crippen LogP contribution in [0.2, 0.25) is 0 Å². The maximum Gasteiger partial charge on any atom is 0.410 e. The van der Waals surface area contributed by atoms with Crippen LogP contribution in [0.3, 0.4) is 0 Å². The summed E-state index contributed by atoms with van der Waals surface area (Å²) in [5.74, 6) is 1.33. The first kappa shape index (κ1) is 16.1. The molecule has 1 amide bonds. The molecule has 126 valence electrons. The van der Waals surface area contributed by atoms with Gasteiger partial charge in [0, 0.05) is 19.0 Å². The normalized spacial score (nSPS) is 27.6. The molecule has 1 aromatic heterocycles. The van der Waals surface area contributed by atoms with E-state index in [2.05, 4.69) is 0 Å². The zero-order valence-corrected chi connectivity index (χ0v) is 14.1. The van der Waals surface area contributed by atoms with Crippen LogP contribution in [0.15, 0.2) is 22.8 Å². The summed E-state index contributed by atoms with van der Waals surface area (Å²) in [6.07, 6.45) is 4.07. The Labute approximate surface area is 137 Å². The number of amides is 1. The number of hydrogen-bond acceptors (Lipinski definition) is 4. The number of furan rings is 1. The SMILES string of the molecule is CC(C)(C)OC(=O)N1CC2CC(CC(C(=O)c3ccco3)C2)C1. The Balaban J connectivity index is 1.62. The van der Waals surface area contributed by atoms with Crippen LogP contribution < -0.4 is 0 Å². The highest BCUT2D eigenvalue weighted by Gasteiger charge is 2.40. The first-order valence-electron chi connectivity index (χ1n) is 8.37. The topological polar surface area (TPSA) is 59.8 Å². The van der Waals surface area contributed by atoms with Crippen LogP contribution in [-0.2, 0) is 4.74 Å². The van der Waals surface area contributed by atoms with Crippen LogP contribution in [0.5, 0.6) is 0 Å². The Hall–Kier alpha value is -1.78. The number of rotatable bonds is 2. The summed E-state index contributed by atoms with van der Waals surface area (Å²) in [6.45, 7) is 7.02. The number of likely N-dealkylation sites (tertiary alicyclic amines) is 1. The predicted molar refractivity (Wildman–Crippen MR) is 85.2 cm³/mol. The molecule has 0 N–H and O–H groups in total. The summed E-state index contributed by atoms with van der Waals surface area (Å²) in [5.41, 5.74) is -0.471. The summed E-state index contributed by atoms with van der Waals surface area (Å²) >= 11 is 0. The summed E-state index contributed by atoms with van der Waals surface area (Å²) in [7, 11) is 0. The predicted octanol–water partition coefficient (Wildman–Crippen LogP) is 3.75. The lowest BCUT2D eigenvalue weighted by Crippen LogP contribution is -2.49. The Morgan fingerprint density at radius 1 is 1.17 bits per heavy atom. The molecule has 2 fully saturated rings. The average molecular weight is 319 g/mol. The zero-order valence-electron chi connectivity index (χ0n) is 14.1. The Morgan fingerprint density at radius 2 is 1.83 bits per heavy atom. The molecule has 5 heteroatoms. The summed E-state index contributed by atoms with van der Waals surface area (Å²) < 4.78 is 10.7. The molecule has 2 aliphatic rings. The molecule has 2 heterocycles. The third-order valence-electron chi connectivity index (χ3n) is 4.65. The third-order valence-corrected chi connectivity index (χ3v) is 4.65. The van der Waals surface area contributed by atoms with Crippen molar-refractivity contribution in [3.63, 3.8) is 0 Å². The van der Waals surface area contributed by atoms with Gasteiger partial charge in [-0.15, -0.1) is 0 Å². The number of carbonyl (C=O) groups is 2. The Bertz CT molecular complexity index is 558. The molecule has 0 aromatic carbocycles. The molecule has 2 atom stereocenters. The molecular formula is C18H25NO4. The van der Waals surface area contributed by atoms with E-state index < -0.39 is 5.60 Å². The average Bonchev–Trinajstić information content (AvgIpc) is 2.97. The summed E-state index contributed by atoms with van der Waals surface area (Å²) in [5, 5.41) is 0. The molecule has 2 bridgehead atoms. The number of nitrogens with zero attached hydrogens (tertiary/aromatic N) is 1. The van der Waals surface area contributed by atoms with Gasteiger partial charge in [-0.05, 0) is 64.0 Å². The first-order valence-corrected chi connectivity index (χ1v) is 8.37. The van der Waals surface area contributed by atoms with Gasteiger partial charge in [-0.2, -0.15) is 0 Å². The maximum atomic E-state index is 12.5. The van der Waals surface area contributed by atoms with Gasteiger partial charge in [0.05, 0.1) is 6.26 Å². The van der Waals surface area contributed by atoms with Crippen molar-refractivity contribution >= 4 is 11.9 Å². The van der Waals surface area contributed by atoms with Crippen molar-refractivity contribution in [3.05, 3.63) is 24.2 Å². The molecule has 23 heavy (non-hydrogen) atoms. The van der Waals surface area contributed by atoms with Crippen molar-refractivity contribution in [2.75, 3.05) is 13.1 Å². The van der Waals surface area contributed by atoms with Crippen LogP contribution in [0.4, 0.5) is 4.79 Å². The number of Topliss-reactive ketones (excluding diaryl/α,β-unsaturated/α-hetero) is 1. The van der Waals surface area contributed by atoms with Gasteiger partial charge >= 0.3 is 6.09 Å². The molecule has 1 aliphatic heterocycles. The minimum atomic E-state index is -0.471. The van der Waals surface area contributed by atoms with E-state index in [1.807, 2.05) is 25.7 Å². The second-order valence-electron chi connectivity index (χ2n) is 7.86. The molecule has 1 saturated heterocycles. The fourth-order valence-electron chi connectivity index (χ4n) is 3.87. The minimum absolute atomic E-state index is 0.0192. The molecule has 2 unspecified atom stereocenters. The molecule has 5 nitrogen and oxygen atoms in total. The highest BCUT2D eigenvalue weighted by Crippen LogP contribution is 2.39. The summed E-state index contributed by atoms with van der Waals surface area (Å²) in [4.78, 5) is 26.6. The second-order valence-corrected chi connectivity index (χ2v) is 7.86. The van der Waals surface area contributed by atoms with Crippen LogP contribution >= 0.6 is 0 Å². The number of fused-ring (bicyclic) bond motifs is 2. The van der Waals surface area contributed by atoms with E-state index in [-0.39, 0.29) is 17.8 Å². The van der Waals surface area contributed by atoms with Gasteiger partial charge in [-0.1, -0.05) is 0 Å². The van der Waals surface area contributed by atoms with Crippen LogP contribution in [-0.4, -0.2) is 35.5 Å². The Kier molecular flexibility index (Phi) is 4.21. The van der Waals surface area contributed by atoms with E-state index in [0.29, 0.717) is 30.7 Å². The van der Waals surface area contributed by atoms with Gasteiger partial charge in [0.2, 0.25) is 5.78 Å². The molecule has 1 saturated carbocycles. The van der Waals surface area contributed by atoms with E-state index in [9.17, 15) is 9.59 Å². The summed E-state index contributed by atoms with van der Waals surface area (Å²) in [6, 6.07) is 3.49. The molecule has 1 aromatic rings. The van der Waals surface area contributed by atoms with Gasteiger partial charge in [0.25, 0.3) is 0 Å². The Morgan fingerprint density at radius 3 is 2.35 bits per heavy atom. The van der Waals surface area contributed by atoms with Crippen LogP contribution in [0.1, 0.15) is 50.6 Å². The monoisotopic (exact) mass is 319 g/mol. The van der Waals surface area contributed by atoms with E-state index >= 15 is 0 Å². The van der Waals surface area contributed by atoms with Crippen LogP contribution in [0.25, 0.3) is 0 Å². The van der Waals surface area contributed by atoms with E-state index in [4.69, 9.17) is 9.15 Å². The van der Waals surface area contributed by atoms with E-state index in [1.54, 1.807) is 18.4 Å². The fraction of sp³-hybridized carbons (Fsp3) is 0.667. The molecule has 0 spiro atoms. The van der Waals surface area contributed by atoms with Crippen molar-refractivity contribution in [2.45, 2.75) is 45.6 Å². The van der Waals surface area contributed by atoms with E-state index in [1.165, 1.54) is 0 Å². The maximum absolute atomic E-state index is 12.5. The van der Waals surface area contributed by atoms with Gasteiger partial charge in [-0.25, -0.2) is 4.79 Å². The number of hydrogen-bond donors (Lipinski definition) is 0. The highest BCUT2D eigenvalue weighted by molar-refractivity contribution is 5.95. The lowest BCUT2D eigenvalue weighted by molar-refractivity contribution is -0.00154. The van der Waals surface area contributed by atoms with Crippen molar-refractivity contribution in [3.8, 4) is 0 Å². The van der Waals surface area contributed by atoms with E-state index in [0.717, 1.165) is 19.3 Å². The lowest BCUT2D eigenvalue weighted by atomic mass is 9.71. The highest BCUT2D eigenvalue weighted by atomic mass is 16.6. The zero-order chi connectivity index (χ0) is 16.6. The van der Waals surface area contributed by atoms with Gasteiger partial charge in [0.1, 0.15) is 5.60 Å². The molecule has 3 rings (SSSR count). The lowest BCUT2D eigenvalue weighted by Gasteiger charge is -2.43. The standard InChI is InChI=1S/C18H25NO4/c1-18(2,3)23-17(21)19-10-12-7-13(11-19)9-14(8-12)16(20)15-5-4-6-22-15/h4-6,12-14H,7-11H2,1-3H3. The van der Waals surface area contributed by atoms with Crippen molar-refractivity contribution in [1.29, 1.82) is 0 Å². The van der Waals surface area contributed by atoms with Gasteiger partial charge in [-0.3, -0.25) is 4.79 Å². The fourth-order valence-corrected chi connectivity index (χ4v) is 3.87. The minimum Gasteiger partial charge on any atom is -0.461 e. The molecular weight excluding hydrogens is 294 g/mol. The van der Waals surface area contributed by atoms with Gasteiger partial charge < -0.3 is 14.1 Å². The number of piperidine rings is 1. The number of ether oxygens (including phenoxy) is 1. The number of carbonyl (C=O) groups excluding carboxylic acids is 2. The largest absolute Gasteiger partial charge is 0.461 e. The second kappa shape index (κ2) is 6.02. The van der Waals surface area contributed by atoms with Crippen LogP contribution in [0, 0.1) is 17.8 Å². The van der Waals surface area contributed by atoms with Gasteiger partial charge in [0.15, 0.2) is 5.76 Å². The van der Waals surface area contributed by atoms with Crippen molar-refractivity contribution < 1.29 is 18.7 Å². The quantitative estimate of drug-likeness (QED) is 0.779. The van der Waals surface area contributed by atoms with Crippen molar-refractivity contribution in [2.24, 2.45) is 17.8 Å². The first-order chi connectivity index (χ1) is 10.8. The molecule has 1 aliphatic carbocycles. The molecule has 0 radical (unpaired) electrons. The number of ketones is 1.